The molecule has 0 saturated carbocycles. The molecule has 0 unspecified atom stereocenters. The van der Waals surface area contributed by atoms with Gasteiger partial charge in [-0.05, 0) is 25.1 Å². The van der Waals surface area contributed by atoms with Crippen LogP contribution in [0.3, 0.4) is 0 Å². The molecule has 0 radical (unpaired) electrons. The van der Waals surface area contributed by atoms with Crippen molar-refractivity contribution in [2.75, 3.05) is 12.3 Å². The standard InChI is InChI=1S/C12H14N2OS2/c1-2-15-10-3-4-11(13)12(5-10)17-7-9-6-16-8-14-9/h3-6,8H,2,7,13H2,1H3. The fraction of sp³-hybridized carbons (Fsp3) is 0.250. The molecule has 0 spiro atoms. The normalized spacial score (nSPS) is 10.4. The van der Waals surface area contributed by atoms with Crippen LogP contribution >= 0.6 is 23.1 Å². The molecule has 0 bridgehead atoms. The van der Waals surface area contributed by atoms with E-state index < -0.39 is 0 Å². The molecule has 0 saturated heterocycles. The first kappa shape index (κ1) is 12.3. The van der Waals surface area contributed by atoms with Gasteiger partial charge in [-0.1, -0.05) is 0 Å². The van der Waals surface area contributed by atoms with Crippen molar-refractivity contribution < 1.29 is 4.74 Å². The topological polar surface area (TPSA) is 48.1 Å². The highest BCUT2D eigenvalue weighted by molar-refractivity contribution is 7.98. The lowest BCUT2D eigenvalue weighted by Crippen LogP contribution is -1.94. The van der Waals surface area contributed by atoms with Crippen molar-refractivity contribution in [2.24, 2.45) is 0 Å². The lowest BCUT2D eigenvalue weighted by molar-refractivity contribution is 0.339. The molecule has 2 aromatic rings. The van der Waals surface area contributed by atoms with Crippen LogP contribution in [-0.2, 0) is 5.75 Å². The molecule has 5 heteroatoms. The molecule has 1 heterocycles. The van der Waals surface area contributed by atoms with Crippen LogP contribution in [0.25, 0.3) is 0 Å². The summed E-state index contributed by atoms with van der Waals surface area (Å²) in [6.45, 7) is 2.64. The van der Waals surface area contributed by atoms with Gasteiger partial charge in [0.05, 0.1) is 17.8 Å². The van der Waals surface area contributed by atoms with Gasteiger partial charge in [0, 0.05) is 21.7 Å². The van der Waals surface area contributed by atoms with Crippen molar-refractivity contribution in [3.8, 4) is 5.75 Å². The van der Waals surface area contributed by atoms with E-state index in [-0.39, 0.29) is 0 Å². The van der Waals surface area contributed by atoms with Crippen LogP contribution in [0.15, 0.2) is 34.0 Å². The van der Waals surface area contributed by atoms with Crippen LogP contribution in [0.4, 0.5) is 5.69 Å². The Morgan fingerprint density at radius 1 is 1.47 bits per heavy atom. The Morgan fingerprint density at radius 2 is 2.35 bits per heavy atom. The first-order valence-electron chi connectivity index (χ1n) is 5.31. The Morgan fingerprint density at radius 3 is 3.06 bits per heavy atom. The predicted octanol–water partition coefficient (Wildman–Crippen LogP) is 3.42. The zero-order valence-electron chi connectivity index (χ0n) is 9.55. The van der Waals surface area contributed by atoms with E-state index in [9.17, 15) is 0 Å². The summed E-state index contributed by atoms with van der Waals surface area (Å²) < 4.78 is 5.46. The van der Waals surface area contributed by atoms with Gasteiger partial charge in [-0.3, -0.25) is 0 Å². The summed E-state index contributed by atoms with van der Waals surface area (Å²) in [5, 5.41) is 2.05. The van der Waals surface area contributed by atoms with Crippen molar-refractivity contribution in [3.63, 3.8) is 0 Å². The molecule has 90 valence electrons. The minimum atomic E-state index is 0.667. The second kappa shape index (κ2) is 5.93. The number of ether oxygens (including phenoxy) is 1. The first-order valence-corrected chi connectivity index (χ1v) is 7.24. The maximum absolute atomic E-state index is 5.93. The number of nitrogen functional groups attached to an aromatic ring is 1. The number of rotatable bonds is 5. The fourth-order valence-electron chi connectivity index (χ4n) is 1.36. The Hall–Kier alpha value is -1.20. The number of benzene rings is 1. The minimum absolute atomic E-state index is 0.667. The van der Waals surface area contributed by atoms with Gasteiger partial charge in [-0.25, -0.2) is 4.98 Å². The summed E-state index contributed by atoms with van der Waals surface area (Å²) in [7, 11) is 0. The largest absolute Gasteiger partial charge is 0.494 e. The summed E-state index contributed by atoms with van der Waals surface area (Å²) in [4.78, 5) is 5.29. The van der Waals surface area contributed by atoms with Gasteiger partial charge < -0.3 is 10.5 Å². The molecule has 17 heavy (non-hydrogen) atoms. The van der Waals surface area contributed by atoms with Gasteiger partial charge in [0.2, 0.25) is 0 Å². The first-order chi connectivity index (χ1) is 8.29. The van der Waals surface area contributed by atoms with Crippen molar-refractivity contribution >= 4 is 28.8 Å². The van der Waals surface area contributed by atoms with Crippen LogP contribution in [0.2, 0.25) is 0 Å². The van der Waals surface area contributed by atoms with Gasteiger partial charge in [-0.15, -0.1) is 23.1 Å². The zero-order chi connectivity index (χ0) is 12.1. The van der Waals surface area contributed by atoms with E-state index >= 15 is 0 Å². The summed E-state index contributed by atoms with van der Waals surface area (Å²) >= 11 is 3.29. The summed E-state index contributed by atoms with van der Waals surface area (Å²) in [6.07, 6.45) is 0. The molecule has 0 atom stereocenters. The molecular weight excluding hydrogens is 252 g/mol. The van der Waals surface area contributed by atoms with Crippen LogP contribution in [0, 0.1) is 0 Å². The molecular formula is C12H14N2OS2. The maximum atomic E-state index is 5.93. The number of hydrogen-bond donors (Lipinski definition) is 1. The molecule has 1 aromatic heterocycles. The Kier molecular flexibility index (Phi) is 4.28. The average molecular weight is 266 g/mol. The molecule has 2 N–H and O–H groups in total. The third-order valence-corrected chi connectivity index (χ3v) is 3.89. The average Bonchev–Trinajstić information content (AvgIpc) is 2.83. The van der Waals surface area contributed by atoms with Gasteiger partial charge in [0.25, 0.3) is 0 Å². The van der Waals surface area contributed by atoms with Gasteiger partial charge in [0.1, 0.15) is 5.75 Å². The van der Waals surface area contributed by atoms with E-state index in [1.807, 2.05) is 30.6 Å². The lowest BCUT2D eigenvalue weighted by Gasteiger charge is -2.08. The van der Waals surface area contributed by atoms with Crippen molar-refractivity contribution in [1.29, 1.82) is 0 Å². The van der Waals surface area contributed by atoms with Crippen LogP contribution < -0.4 is 10.5 Å². The van der Waals surface area contributed by atoms with E-state index in [4.69, 9.17) is 10.5 Å². The Labute approximate surface area is 109 Å². The van der Waals surface area contributed by atoms with Gasteiger partial charge in [0.15, 0.2) is 0 Å². The summed E-state index contributed by atoms with van der Waals surface area (Å²) in [5.41, 5.74) is 9.64. The minimum Gasteiger partial charge on any atom is -0.494 e. The van der Waals surface area contributed by atoms with E-state index in [0.29, 0.717) is 6.61 Å². The molecule has 0 amide bonds. The SMILES string of the molecule is CCOc1ccc(N)c(SCc2cscn2)c1. The van der Waals surface area contributed by atoms with Gasteiger partial charge >= 0.3 is 0 Å². The molecule has 2 rings (SSSR count). The van der Waals surface area contributed by atoms with E-state index in [1.54, 1.807) is 23.1 Å². The van der Waals surface area contributed by atoms with E-state index in [0.717, 1.165) is 27.8 Å². The number of anilines is 1. The molecule has 0 aliphatic carbocycles. The number of thiazole rings is 1. The predicted molar refractivity (Wildman–Crippen MR) is 73.7 cm³/mol. The van der Waals surface area contributed by atoms with Crippen molar-refractivity contribution in [2.45, 2.75) is 17.6 Å². The summed E-state index contributed by atoms with van der Waals surface area (Å²) in [5.74, 6) is 1.70. The zero-order valence-corrected chi connectivity index (χ0v) is 11.2. The third-order valence-electron chi connectivity index (χ3n) is 2.16. The fourth-order valence-corrected chi connectivity index (χ4v) is 2.92. The highest BCUT2D eigenvalue weighted by Gasteiger charge is 2.04. The number of hydrogen-bond acceptors (Lipinski definition) is 5. The monoisotopic (exact) mass is 266 g/mol. The number of nitrogens with zero attached hydrogens (tertiary/aromatic N) is 1. The number of nitrogens with two attached hydrogens (primary N) is 1. The van der Waals surface area contributed by atoms with Crippen LogP contribution in [-0.4, -0.2) is 11.6 Å². The van der Waals surface area contributed by atoms with Crippen LogP contribution in [0.5, 0.6) is 5.75 Å². The highest BCUT2D eigenvalue weighted by Crippen LogP contribution is 2.31. The Bertz CT molecular complexity index is 471. The lowest BCUT2D eigenvalue weighted by atomic mass is 10.3. The smallest absolute Gasteiger partial charge is 0.120 e. The van der Waals surface area contributed by atoms with Crippen molar-refractivity contribution in [3.05, 3.63) is 34.8 Å². The quantitative estimate of drug-likeness (QED) is 0.665. The highest BCUT2D eigenvalue weighted by atomic mass is 32.2. The Balaban J connectivity index is 2.06. The number of aromatic nitrogens is 1. The molecule has 1 aromatic carbocycles. The van der Waals surface area contributed by atoms with E-state index in [2.05, 4.69) is 10.4 Å². The molecule has 0 aliphatic rings. The molecule has 3 nitrogen and oxygen atoms in total. The third kappa shape index (κ3) is 3.38. The summed E-state index contributed by atoms with van der Waals surface area (Å²) in [6, 6.07) is 5.76. The second-order valence-electron chi connectivity index (χ2n) is 3.40. The second-order valence-corrected chi connectivity index (χ2v) is 5.14. The molecule has 0 aliphatic heterocycles. The maximum Gasteiger partial charge on any atom is 0.120 e. The molecule has 0 fully saturated rings. The van der Waals surface area contributed by atoms with E-state index in [1.165, 1.54) is 0 Å². The number of thioether (sulfide) groups is 1. The van der Waals surface area contributed by atoms with Crippen LogP contribution in [0.1, 0.15) is 12.6 Å². The van der Waals surface area contributed by atoms with Gasteiger partial charge in [-0.2, -0.15) is 0 Å². The van der Waals surface area contributed by atoms with Crippen molar-refractivity contribution in [1.82, 2.24) is 4.98 Å².